The molecule has 47 heavy (non-hydrogen) atoms. The number of fused-ring (bicyclic) bond motifs is 1. The molecular weight excluding hydrogens is 588 g/mol. The van der Waals surface area contributed by atoms with E-state index in [1.807, 2.05) is 34.9 Å². The molecule has 2 aliphatic heterocycles. The Morgan fingerprint density at radius 1 is 1.00 bits per heavy atom. The third-order valence-corrected chi connectivity index (χ3v) is 11.1. The first-order valence-corrected chi connectivity index (χ1v) is 18.0. The Labute approximate surface area is 278 Å². The summed E-state index contributed by atoms with van der Waals surface area (Å²) in [5.41, 5.74) is 4.45. The lowest BCUT2D eigenvalue weighted by molar-refractivity contribution is -0.0382. The molecule has 1 amide bonds. The van der Waals surface area contributed by atoms with Gasteiger partial charge in [-0.15, -0.1) is 0 Å². The van der Waals surface area contributed by atoms with E-state index in [2.05, 4.69) is 40.7 Å². The van der Waals surface area contributed by atoms with Crippen molar-refractivity contribution >= 4 is 11.6 Å². The molecule has 3 atom stereocenters. The fourth-order valence-electron chi connectivity index (χ4n) is 8.16. The molecule has 2 saturated carbocycles. The molecular formula is C39H50N4O4. The van der Waals surface area contributed by atoms with Gasteiger partial charge < -0.3 is 29.9 Å². The smallest absolute Gasteiger partial charge is 0.274 e. The predicted octanol–water partition coefficient (Wildman–Crippen LogP) is 5.86. The molecule has 3 heterocycles. The van der Waals surface area contributed by atoms with Crippen LogP contribution in [0.1, 0.15) is 110 Å². The topological polar surface area (TPSA) is 95.8 Å². The first-order valence-electron chi connectivity index (χ1n) is 18.0. The van der Waals surface area contributed by atoms with Crippen LogP contribution in [0.4, 0.5) is 5.69 Å². The number of nitrogens with one attached hydrogen (secondary N) is 2. The molecule has 1 aromatic heterocycles. The highest BCUT2D eigenvalue weighted by Gasteiger charge is 2.45. The minimum atomic E-state index is -0.837. The Balaban J connectivity index is 1.13. The summed E-state index contributed by atoms with van der Waals surface area (Å²) in [5.74, 6) is 0.690. The zero-order valence-electron chi connectivity index (χ0n) is 27.8. The lowest BCUT2D eigenvalue weighted by Gasteiger charge is -2.48. The number of aromatic nitrogens is 1. The second-order valence-corrected chi connectivity index (χ2v) is 14.3. The number of nitrogens with zero attached hydrogens (tertiary/aromatic N) is 2. The number of ether oxygens (including phenoxy) is 1. The van der Waals surface area contributed by atoms with Crippen LogP contribution in [-0.2, 0) is 12.8 Å². The minimum Gasteiger partial charge on any atom is -0.487 e. The highest BCUT2D eigenvalue weighted by molar-refractivity contribution is 5.95. The number of hydrogen-bond acceptors (Lipinski definition) is 6. The number of aliphatic hydroxyl groups excluding tert-OH is 1. The minimum absolute atomic E-state index is 0.00706. The van der Waals surface area contributed by atoms with E-state index in [0.717, 1.165) is 94.2 Å². The summed E-state index contributed by atoms with van der Waals surface area (Å²) >= 11 is 0. The summed E-state index contributed by atoms with van der Waals surface area (Å²) in [5, 5.41) is 18.7. The van der Waals surface area contributed by atoms with Crippen LogP contribution < -0.4 is 25.8 Å². The van der Waals surface area contributed by atoms with E-state index in [4.69, 9.17) is 4.74 Å². The summed E-state index contributed by atoms with van der Waals surface area (Å²) < 4.78 is 8.36. The molecule has 0 bridgehead atoms. The van der Waals surface area contributed by atoms with Crippen LogP contribution in [0.15, 0.2) is 65.6 Å². The van der Waals surface area contributed by atoms with Gasteiger partial charge in [-0.25, -0.2) is 0 Å². The highest BCUT2D eigenvalue weighted by atomic mass is 16.5. The number of aliphatic hydroxyl groups is 1. The van der Waals surface area contributed by atoms with E-state index < -0.39 is 12.1 Å². The van der Waals surface area contributed by atoms with Crippen molar-refractivity contribution in [3.63, 3.8) is 0 Å². The number of carbonyl (C=O) groups excluding carboxylic acids is 1. The maximum Gasteiger partial charge on any atom is 0.274 e. The molecule has 1 spiro atoms. The van der Waals surface area contributed by atoms with Gasteiger partial charge in [0, 0.05) is 49.9 Å². The third kappa shape index (κ3) is 6.86. The Hall–Kier alpha value is -3.62. The maximum atomic E-state index is 14.1. The third-order valence-electron chi connectivity index (χ3n) is 11.1. The van der Waals surface area contributed by atoms with Crippen LogP contribution in [0.25, 0.3) is 0 Å². The number of amides is 1. The van der Waals surface area contributed by atoms with Gasteiger partial charge in [-0.05, 0) is 81.0 Å². The van der Waals surface area contributed by atoms with E-state index in [1.54, 1.807) is 12.3 Å². The van der Waals surface area contributed by atoms with Crippen LogP contribution >= 0.6 is 0 Å². The Bertz CT molecular complexity index is 1560. The standard InChI is InChI=1S/C39H50N4O4/c1-2-27-15-16-36-31(21-27)33(24-39(47-36)17-10-18-39)40-25-35(44)32(22-28-11-4-3-5-12-28)41-37(45)29-23-34(42-19-8-9-20-42)38(46)43(26-29)30-13-6-7-14-30/h3-5,11-12,15-16,21,23,26,30,32-33,35,40,44H,2,6-10,13-14,17-20,22,24-25H2,1H3,(H,41,45)/t32-,33?,35+/m0/s1. The molecule has 2 aliphatic carbocycles. The average molecular weight is 639 g/mol. The van der Waals surface area contributed by atoms with Crippen LogP contribution in [0.3, 0.4) is 0 Å². The van der Waals surface area contributed by atoms with Crippen molar-refractivity contribution in [3.05, 3.63) is 93.4 Å². The van der Waals surface area contributed by atoms with Crippen LogP contribution in [-0.4, -0.2) is 53.0 Å². The summed E-state index contributed by atoms with van der Waals surface area (Å²) in [6, 6.07) is 18.0. The Morgan fingerprint density at radius 2 is 1.77 bits per heavy atom. The molecule has 3 N–H and O–H groups in total. The van der Waals surface area contributed by atoms with E-state index in [9.17, 15) is 14.7 Å². The Morgan fingerprint density at radius 3 is 2.47 bits per heavy atom. The van der Waals surface area contributed by atoms with Gasteiger partial charge in [0.05, 0.1) is 17.7 Å². The number of aryl methyl sites for hydroxylation is 1. The largest absolute Gasteiger partial charge is 0.487 e. The number of rotatable bonds is 11. The van der Waals surface area contributed by atoms with Crippen molar-refractivity contribution in [2.75, 3.05) is 24.5 Å². The fourth-order valence-corrected chi connectivity index (χ4v) is 8.16. The summed E-state index contributed by atoms with van der Waals surface area (Å²) in [4.78, 5) is 29.9. The van der Waals surface area contributed by atoms with Gasteiger partial charge in [-0.1, -0.05) is 62.2 Å². The molecule has 8 heteroatoms. The summed E-state index contributed by atoms with van der Waals surface area (Å²) in [7, 11) is 0. The number of carbonyl (C=O) groups is 1. The molecule has 250 valence electrons. The first-order chi connectivity index (χ1) is 22.9. The fraction of sp³-hybridized carbons (Fsp3) is 0.538. The zero-order chi connectivity index (χ0) is 32.4. The summed E-state index contributed by atoms with van der Waals surface area (Å²) in [6.07, 6.45) is 12.7. The molecule has 7 rings (SSSR count). The van der Waals surface area contributed by atoms with Gasteiger partial charge in [-0.3, -0.25) is 9.59 Å². The number of pyridine rings is 1. The van der Waals surface area contributed by atoms with E-state index in [0.29, 0.717) is 24.2 Å². The Kier molecular flexibility index (Phi) is 9.42. The van der Waals surface area contributed by atoms with Crippen molar-refractivity contribution in [1.29, 1.82) is 0 Å². The number of anilines is 1. The van der Waals surface area contributed by atoms with E-state index in [-0.39, 0.29) is 29.2 Å². The monoisotopic (exact) mass is 638 g/mol. The van der Waals surface area contributed by atoms with Gasteiger partial charge in [0.25, 0.3) is 11.5 Å². The van der Waals surface area contributed by atoms with Crippen molar-refractivity contribution < 1.29 is 14.6 Å². The van der Waals surface area contributed by atoms with Gasteiger partial charge in [0.1, 0.15) is 17.0 Å². The second kappa shape index (κ2) is 13.9. The molecule has 3 fully saturated rings. The van der Waals surface area contributed by atoms with Crippen molar-refractivity contribution in [2.45, 2.75) is 114 Å². The average Bonchev–Trinajstić information content (AvgIpc) is 3.82. The van der Waals surface area contributed by atoms with Gasteiger partial charge in [0.15, 0.2) is 0 Å². The molecule has 1 saturated heterocycles. The van der Waals surface area contributed by atoms with Crippen LogP contribution in [0, 0.1) is 0 Å². The van der Waals surface area contributed by atoms with Crippen molar-refractivity contribution in [2.24, 2.45) is 0 Å². The number of hydrogen-bond donors (Lipinski definition) is 3. The second-order valence-electron chi connectivity index (χ2n) is 14.3. The van der Waals surface area contributed by atoms with Gasteiger partial charge in [0.2, 0.25) is 0 Å². The van der Waals surface area contributed by atoms with E-state index >= 15 is 0 Å². The van der Waals surface area contributed by atoms with Crippen molar-refractivity contribution in [1.82, 2.24) is 15.2 Å². The van der Waals surface area contributed by atoms with Gasteiger partial charge in [-0.2, -0.15) is 0 Å². The highest BCUT2D eigenvalue weighted by Crippen LogP contribution is 2.49. The summed E-state index contributed by atoms with van der Waals surface area (Å²) in [6.45, 7) is 4.16. The molecule has 4 aliphatic rings. The van der Waals surface area contributed by atoms with Crippen LogP contribution in [0.2, 0.25) is 0 Å². The quantitative estimate of drug-likeness (QED) is 0.244. The van der Waals surface area contributed by atoms with Crippen LogP contribution in [0.5, 0.6) is 5.75 Å². The zero-order valence-corrected chi connectivity index (χ0v) is 27.8. The van der Waals surface area contributed by atoms with Gasteiger partial charge >= 0.3 is 0 Å². The number of benzene rings is 2. The maximum absolute atomic E-state index is 14.1. The predicted molar refractivity (Wildman–Crippen MR) is 185 cm³/mol. The lowest BCUT2D eigenvalue weighted by Crippen LogP contribution is -2.52. The SMILES string of the molecule is CCc1ccc2c(c1)C(NC[C@@H](O)[C@H](Cc1ccccc1)NC(=O)c1cc(N3CCCC3)c(=O)n(C3CCCC3)c1)CC1(CCC1)O2. The molecule has 3 aromatic rings. The molecule has 0 radical (unpaired) electrons. The van der Waals surface area contributed by atoms with E-state index in [1.165, 1.54) is 12.0 Å². The van der Waals surface area contributed by atoms with Crippen molar-refractivity contribution in [3.8, 4) is 5.75 Å². The lowest BCUT2D eigenvalue weighted by atomic mass is 9.72. The normalized spacial score (nSPS) is 21.6. The molecule has 1 unspecified atom stereocenters. The molecule has 8 nitrogen and oxygen atoms in total. The molecule has 2 aromatic carbocycles. The first kappa shape index (κ1) is 32.0.